The Balaban J connectivity index is 1.34. The van der Waals surface area contributed by atoms with E-state index in [1.165, 1.54) is 16.7 Å². The number of hydrogen-bond acceptors (Lipinski definition) is 7. The first-order valence-electron chi connectivity index (χ1n) is 15.1. The molecule has 0 unspecified atom stereocenters. The first-order chi connectivity index (χ1) is 21.4. The van der Waals surface area contributed by atoms with Crippen LogP contribution < -0.4 is 15.4 Å². The Morgan fingerprint density at radius 2 is 1.67 bits per heavy atom. The number of nitrogens with zero attached hydrogens (tertiary/aromatic N) is 1. The average Bonchev–Trinajstić information content (AvgIpc) is 3.50. The fraction of sp³-hybridized carbons (Fsp3) is 0.400. The summed E-state index contributed by atoms with van der Waals surface area (Å²) in [7, 11) is 0. The molecule has 9 nitrogen and oxygen atoms in total. The third kappa shape index (κ3) is 7.03. The molecule has 1 fully saturated rings. The molecule has 4 N–H and O–H groups in total. The van der Waals surface area contributed by atoms with Gasteiger partial charge in [0.25, 0.3) is 11.8 Å². The Morgan fingerprint density at radius 3 is 2.38 bits per heavy atom. The summed E-state index contributed by atoms with van der Waals surface area (Å²) in [6.45, 7) is 6.90. The summed E-state index contributed by atoms with van der Waals surface area (Å²) in [6.07, 6.45) is -0.436. The SMILES string of the molecule is Cc1cccc(C)c1OCC(=O)NC[C@](O)(Cc1ccccc1)C(=O)N1CSC(C)(C)[C@@H]1C(=O)N[C@H]1c2ccccc2C[C@H]1O. The Kier molecular flexibility index (Phi) is 9.57. The molecule has 3 amide bonds. The predicted molar refractivity (Wildman–Crippen MR) is 174 cm³/mol. The maximum atomic E-state index is 14.3. The first-order valence-corrected chi connectivity index (χ1v) is 16.1. The average molecular weight is 632 g/mol. The van der Waals surface area contributed by atoms with E-state index in [1.54, 1.807) is 12.1 Å². The zero-order chi connectivity index (χ0) is 32.4. The Bertz CT molecular complexity index is 1540. The highest BCUT2D eigenvalue weighted by Crippen LogP contribution is 2.41. The Morgan fingerprint density at radius 1 is 1.00 bits per heavy atom. The second kappa shape index (κ2) is 13.2. The maximum Gasteiger partial charge on any atom is 0.258 e. The lowest BCUT2D eigenvalue weighted by Crippen LogP contribution is -2.62. The Labute approximate surface area is 268 Å². The first kappa shape index (κ1) is 32.5. The van der Waals surface area contributed by atoms with Crippen LogP contribution in [0.15, 0.2) is 72.8 Å². The molecular weight excluding hydrogens is 590 g/mol. The van der Waals surface area contributed by atoms with Gasteiger partial charge in [-0.05, 0) is 55.5 Å². The van der Waals surface area contributed by atoms with Crippen molar-refractivity contribution in [3.8, 4) is 5.75 Å². The molecule has 0 spiro atoms. The lowest BCUT2D eigenvalue weighted by molar-refractivity contribution is -0.155. The van der Waals surface area contributed by atoms with Gasteiger partial charge in [-0.25, -0.2) is 0 Å². The van der Waals surface area contributed by atoms with Gasteiger partial charge < -0.3 is 30.5 Å². The van der Waals surface area contributed by atoms with Crippen LogP contribution in [-0.4, -0.2) is 74.4 Å². The quantitative estimate of drug-likeness (QED) is 0.271. The number of thioether (sulfide) groups is 1. The fourth-order valence-corrected chi connectivity index (χ4v) is 7.38. The minimum Gasteiger partial charge on any atom is -0.483 e. The summed E-state index contributed by atoms with van der Waals surface area (Å²) in [5, 5.41) is 28.5. The van der Waals surface area contributed by atoms with Crippen molar-refractivity contribution in [2.24, 2.45) is 0 Å². The van der Waals surface area contributed by atoms with E-state index in [2.05, 4.69) is 10.6 Å². The van der Waals surface area contributed by atoms with Gasteiger partial charge in [0.15, 0.2) is 12.2 Å². The zero-order valence-electron chi connectivity index (χ0n) is 26.1. The molecule has 10 heteroatoms. The minimum atomic E-state index is -2.05. The van der Waals surface area contributed by atoms with E-state index >= 15 is 0 Å². The molecular formula is C35H41N3O6S. The second-order valence-corrected chi connectivity index (χ2v) is 14.1. The van der Waals surface area contributed by atoms with Crippen molar-refractivity contribution in [2.75, 3.05) is 19.0 Å². The van der Waals surface area contributed by atoms with Gasteiger partial charge in [-0.1, -0.05) is 72.8 Å². The number of carbonyl (C=O) groups excluding carboxylic acids is 3. The largest absolute Gasteiger partial charge is 0.483 e. The molecule has 1 saturated heterocycles. The van der Waals surface area contributed by atoms with Gasteiger partial charge in [0.1, 0.15) is 11.8 Å². The van der Waals surface area contributed by atoms with E-state index in [9.17, 15) is 24.6 Å². The van der Waals surface area contributed by atoms with Crippen molar-refractivity contribution in [2.45, 2.75) is 69.1 Å². The van der Waals surface area contributed by atoms with Crippen LogP contribution in [0.1, 0.15) is 47.7 Å². The molecule has 0 bridgehead atoms. The number of nitrogens with one attached hydrogen (secondary N) is 2. The number of para-hydroxylation sites is 1. The van der Waals surface area contributed by atoms with Crippen LogP contribution in [0.3, 0.4) is 0 Å². The summed E-state index contributed by atoms with van der Waals surface area (Å²) >= 11 is 1.44. The number of ether oxygens (including phenoxy) is 1. The standard InChI is InChI=1S/C35H41N3O6S/c1-22-11-10-12-23(2)30(22)44-19-28(40)36-20-35(43,18-24-13-6-5-7-14-24)33(42)38-21-45-34(3,4)31(38)32(41)37-29-26-16-9-8-15-25(26)17-27(29)39/h5-16,27,29,31,39,43H,17-21H2,1-4H3,(H,36,40)(H,37,41)/t27-,29+,31+,35-/m1/s1. The van der Waals surface area contributed by atoms with Crippen LogP contribution in [0.25, 0.3) is 0 Å². The van der Waals surface area contributed by atoms with Crippen LogP contribution in [0.4, 0.5) is 0 Å². The molecule has 3 aromatic rings. The maximum absolute atomic E-state index is 14.3. The summed E-state index contributed by atoms with van der Waals surface area (Å²) in [5.41, 5.74) is 2.27. The van der Waals surface area contributed by atoms with E-state index in [0.29, 0.717) is 17.7 Å². The van der Waals surface area contributed by atoms with Gasteiger partial charge in [-0.3, -0.25) is 14.4 Å². The van der Waals surface area contributed by atoms with Crippen molar-refractivity contribution in [3.63, 3.8) is 0 Å². The van der Waals surface area contributed by atoms with Crippen molar-refractivity contribution >= 4 is 29.5 Å². The van der Waals surface area contributed by atoms with E-state index in [4.69, 9.17) is 4.74 Å². The lowest BCUT2D eigenvalue weighted by Gasteiger charge is -2.37. The van der Waals surface area contributed by atoms with Gasteiger partial charge in [-0.15, -0.1) is 11.8 Å². The summed E-state index contributed by atoms with van der Waals surface area (Å²) in [5.74, 6) is -0.770. The second-order valence-electron chi connectivity index (χ2n) is 12.5. The van der Waals surface area contributed by atoms with Gasteiger partial charge >= 0.3 is 0 Å². The molecule has 5 rings (SSSR count). The minimum absolute atomic E-state index is 0.0740. The number of benzene rings is 3. The number of aliphatic hydroxyl groups excluding tert-OH is 1. The van der Waals surface area contributed by atoms with Crippen molar-refractivity contribution in [1.82, 2.24) is 15.5 Å². The molecule has 1 aliphatic carbocycles. The molecule has 1 aliphatic heterocycles. The number of fused-ring (bicyclic) bond motifs is 1. The lowest BCUT2D eigenvalue weighted by atomic mass is 9.90. The normalized spacial score (nSPS) is 21.5. The van der Waals surface area contributed by atoms with Crippen LogP contribution in [0.2, 0.25) is 0 Å². The van der Waals surface area contributed by atoms with Crippen LogP contribution in [-0.2, 0) is 27.2 Å². The van der Waals surface area contributed by atoms with E-state index < -0.39 is 46.3 Å². The van der Waals surface area contributed by atoms with E-state index in [-0.39, 0.29) is 25.4 Å². The molecule has 0 radical (unpaired) electrons. The number of aryl methyl sites for hydroxylation is 2. The van der Waals surface area contributed by atoms with Gasteiger partial charge in [0, 0.05) is 17.6 Å². The third-order valence-electron chi connectivity index (χ3n) is 8.63. The van der Waals surface area contributed by atoms with Crippen LogP contribution >= 0.6 is 11.8 Å². The predicted octanol–water partition coefficient (Wildman–Crippen LogP) is 3.23. The molecule has 2 aliphatic rings. The number of hydrogen-bond donors (Lipinski definition) is 4. The highest BCUT2D eigenvalue weighted by Gasteiger charge is 2.53. The summed E-state index contributed by atoms with van der Waals surface area (Å²) in [6, 6.07) is 20.8. The fourth-order valence-electron chi connectivity index (χ4n) is 6.25. The van der Waals surface area contributed by atoms with Crippen molar-refractivity contribution in [3.05, 3.63) is 101 Å². The van der Waals surface area contributed by atoms with Crippen molar-refractivity contribution < 1.29 is 29.3 Å². The number of rotatable bonds is 10. The van der Waals surface area contributed by atoms with E-state index in [1.807, 2.05) is 88.4 Å². The molecule has 0 saturated carbocycles. The van der Waals surface area contributed by atoms with Gasteiger partial charge in [0.2, 0.25) is 5.91 Å². The third-order valence-corrected chi connectivity index (χ3v) is 10.0. The summed E-state index contributed by atoms with van der Waals surface area (Å²) < 4.78 is 5.10. The summed E-state index contributed by atoms with van der Waals surface area (Å²) in [4.78, 5) is 42.5. The number of carbonyl (C=O) groups is 3. The highest BCUT2D eigenvalue weighted by molar-refractivity contribution is 8.00. The number of aliphatic hydroxyl groups is 2. The molecule has 4 atom stereocenters. The van der Waals surface area contributed by atoms with Crippen molar-refractivity contribution in [1.29, 1.82) is 0 Å². The Hall–Kier alpha value is -3.86. The molecule has 0 aromatic heterocycles. The van der Waals surface area contributed by atoms with Gasteiger partial charge in [0.05, 0.1) is 24.6 Å². The molecule has 45 heavy (non-hydrogen) atoms. The topological polar surface area (TPSA) is 128 Å². The van der Waals surface area contributed by atoms with E-state index in [0.717, 1.165) is 22.3 Å². The van der Waals surface area contributed by atoms with Crippen LogP contribution in [0, 0.1) is 13.8 Å². The molecule has 1 heterocycles. The zero-order valence-corrected chi connectivity index (χ0v) is 26.9. The molecule has 3 aromatic carbocycles. The van der Waals surface area contributed by atoms with Crippen LogP contribution in [0.5, 0.6) is 5.75 Å². The molecule has 238 valence electrons. The number of amides is 3. The highest BCUT2D eigenvalue weighted by atomic mass is 32.2. The monoisotopic (exact) mass is 631 g/mol. The van der Waals surface area contributed by atoms with Gasteiger partial charge in [-0.2, -0.15) is 0 Å². The smallest absolute Gasteiger partial charge is 0.258 e.